The average molecular weight is 443 g/mol. The van der Waals surface area contributed by atoms with E-state index in [0.717, 1.165) is 10.0 Å². The molecule has 1 fully saturated rings. The zero-order chi connectivity index (χ0) is 19.7. The summed E-state index contributed by atoms with van der Waals surface area (Å²) in [6, 6.07) is 9.25. The Bertz CT molecular complexity index is 1090. The van der Waals surface area contributed by atoms with Gasteiger partial charge in [0.05, 0.1) is 0 Å². The molecule has 0 atom stereocenters. The summed E-state index contributed by atoms with van der Waals surface area (Å²) in [4.78, 5) is 37.0. The Morgan fingerprint density at radius 3 is 2.57 bits per heavy atom. The number of halogens is 1. The second-order valence-corrected chi connectivity index (χ2v) is 7.53. The molecule has 144 valence electrons. The van der Waals surface area contributed by atoms with Crippen molar-refractivity contribution in [3.8, 4) is 0 Å². The number of piperazine rings is 1. The van der Waals surface area contributed by atoms with E-state index in [-0.39, 0.29) is 11.5 Å². The number of aromatic nitrogens is 4. The maximum absolute atomic E-state index is 12.4. The number of aromatic amines is 1. The van der Waals surface area contributed by atoms with Gasteiger partial charge in [-0.1, -0.05) is 28.1 Å². The van der Waals surface area contributed by atoms with Gasteiger partial charge in [-0.25, -0.2) is 4.98 Å². The number of nitrogens with zero attached hydrogens (tertiary/aromatic N) is 5. The second kappa shape index (κ2) is 7.59. The number of benzene rings is 1. The van der Waals surface area contributed by atoms with Crippen molar-refractivity contribution in [2.45, 2.75) is 6.92 Å². The summed E-state index contributed by atoms with van der Waals surface area (Å²) in [7, 11) is 0. The molecule has 0 radical (unpaired) electrons. The van der Waals surface area contributed by atoms with Gasteiger partial charge in [0, 0.05) is 48.5 Å². The number of hydrogen-bond acceptors (Lipinski definition) is 5. The van der Waals surface area contributed by atoms with Crippen molar-refractivity contribution in [2.75, 3.05) is 31.1 Å². The number of H-pyrrole nitrogens is 1. The number of hydrogen-bond donors (Lipinski definition) is 1. The fourth-order valence-electron chi connectivity index (χ4n) is 3.11. The molecule has 0 unspecified atom stereocenters. The predicted octanol–water partition coefficient (Wildman–Crippen LogP) is 1.85. The van der Waals surface area contributed by atoms with Crippen molar-refractivity contribution in [1.82, 2.24) is 24.5 Å². The fourth-order valence-corrected chi connectivity index (χ4v) is 3.37. The van der Waals surface area contributed by atoms with Gasteiger partial charge in [0.25, 0.3) is 11.3 Å². The maximum Gasteiger partial charge on any atom is 0.274 e. The second-order valence-electron chi connectivity index (χ2n) is 6.62. The molecule has 1 N–H and O–H groups in total. The number of fused-ring (bicyclic) bond motifs is 1. The summed E-state index contributed by atoms with van der Waals surface area (Å²) in [5, 5.41) is 2.99. The van der Waals surface area contributed by atoms with Gasteiger partial charge in [0.15, 0.2) is 0 Å². The van der Waals surface area contributed by atoms with Crippen LogP contribution in [0.1, 0.15) is 11.3 Å². The van der Waals surface area contributed by atoms with Crippen molar-refractivity contribution < 1.29 is 4.79 Å². The van der Waals surface area contributed by atoms with Crippen LogP contribution in [-0.4, -0.2) is 56.6 Å². The molecule has 1 aliphatic heterocycles. The van der Waals surface area contributed by atoms with E-state index in [2.05, 4.69) is 31.0 Å². The van der Waals surface area contributed by atoms with Crippen LogP contribution in [0.15, 0.2) is 45.7 Å². The highest BCUT2D eigenvalue weighted by atomic mass is 79.9. The van der Waals surface area contributed by atoms with Crippen LogP contribution in [0.3, 0.4) is 0 Å². The van der Waals surface area contributed by atoms with E-state index in [4.69, 9.17) is 0 Å². The Labute approximate surface area is 169 Å². The fraction of sp³-hybridized carbons (Fsp3) is 0.263. The third-order valence-corrected chi connectivity index (χ3v) is 5.15. The number of carbonyl (C=O) groups is 1. The Morgan fingerprint density at radius 2 is 1.86 bits per heavy atom. The molecule has 2 aromatic heterocycles. The van der Waals surface area contributed by atoms with Crippen LogP contribution in [0, 0.1) is 6.92 Å². The topological polar surface area (TPSA) is 86.6 Å². The van der Waals surface area contributed by atoms with Crippen molar-refractivity contribution >= 4 is 39.6 Å². The Balaban J connectivity index is 1.40. The van der Waals surface area contributed by atoms with Gasteiger partial charge in [-0.15, -0.1) is 0 Å². The first kappa shape index (κ1) is 18.4. The largest absolute Gasteiger partial charge is 0.338 e. The monoisotopic (exact) mass is 442 g/mol. The van der Waals surface area contributed by atoms with Crippen molar-refractivity contribution in [3.05, 3.63) is 62.5 Å². The molecule has 1 aromatic carbocycles. The lowest BCUT2D eigenvalue weighted by Crippen LogP contribution is -2.48. The third kappa shape index (κ3) is 3.84. The quantitative estimate of drug-likeness (QED) is 0.625. The summed E-state index contributed by atoms with van der Waals surface area (Å²) in [5.74, 6) is 0.935. The predicted molar refractivity (Wildman–Crippen MR) is 110 cm³/mol. The van der Waals surface area contributed by atoms with Crippen LogP contribution < -0.4 is 10.5 Å². The van der Waals surface area contributed by atoms with E-state index in [0.29, 0.717) is 43.6 Å². The van der Waals surface area contributed by atoms with Crippen molar-refractivity contribution in [1.29, 1.82) is 0 Å². The minimum absolute atomic E-state index is 0.0133. The third-order valence-electron chi connectivity index (χ3n) is 4.63. The van der Waals surface area contributed by atoms with E-state index >= 15 is 0 Å². The highest BCUT2D eigenvalue weighted by Crippen LogP contribution is 2.14. The standard InChI is InChI=1S/C19H19BrN6O2/c1-13-12-17(28)26-18(21-13)22-19(23-26)25-10-8-24(9-11-25)16(27)7-4-14-2-5-15(20)6-3-14/h2-7,12H,8-11H2,1H3,(H,21,22,23). The molecule has 1 aliphatic rings. The zero-order valence-corrected chi connectivity index (χ0v) is 16.9. The Hall–Kier alpha value is -2.94. The normalized spacial score (nSPS) is 14.9. The molecule has 9 heteroatoms. The molecular weight excluding hydrogens is 424 g/mol. The van der Waals surface area contributed by atoms with Gasteiger partial charge in [-0.05, 0) is 30.7 Å². The van der Waals surface area contributed by atoms with E-state index < -0.39 is 0 Å². The van der Waals surface area contributed by atoms with Crippen LogP contribution >= 0.6 is 15.9 Å². The lowest BCUT2D eigenvalue weighted by Gasteiger charge is -2.33. The molecule has 0 saturated carbocycles. The number of rotatable bonds is 3. The van der Waals surface area contributed by atoms with Gasteiger partial charge in [-0.3, -0.25) is 14.7 Å². The lowest BCUT2D eigenvalue weighted by molar-refractivity contribution is -0.126. The first-order valence-electron chi connectivity index (χ1n) is 8.93. The molecule has 4 rings (SSSR count). The summed E-state index contributed by atoms with van der Waals surface area (Å²) >= 11 is 3.40. The summed E-state index contributed by atoms with van der Waals surface area (Å²) in [6.07, 6.45) is 3.42. The van der Waals surface area contributed by atoms with Crippen LogP contribution in [0.5, 0.6) is 0 Å². The van der Waals surface area contributed by atoms with Crippen LogP contribution in [0.25, 0.3) is 11.9 Å². The van der Waals surface area contributed by atoms with Gasteiger partial charge in [0.2, 0.25) is 11.9 Å². The molecule has 0 bridgehead atoms. The number of nitrogens with one attached hydrogen (secondary N) is 1. The molecular formula is C19H19BrN6O2. The summed E-state index contributed by atoms with van der Waals surface area (Å²) < 4.78 is 2.34. The van der Waals surface area contributed by atoms with Gasteiger partial charge >= 0.3 is 0 Å². The highest BCUT2D eigenvalue weighted by Gasteiger charge is 2.22. The minimum atomic E-state index is -0.187. The molecule has 1 saturated heterocycles. The van der Waals surface area contributed by atoms with Crippen LogP contribution in [0.4, 0.5) is 5.95 Å². The van der Waals surface area contributed by atoms with Crippen LogP contribution in [0.2, 0.25) is 0 Å². The van der Waals surface area contributed by atoms with Crippen molar-refractivity contribution in [3.63, 3.8) is 0 Å². The van der Waals surface area contributed by atoms with Gasteiger partial charge in [-0.2, -0.15) is 9.50 Å². The average Bonchev–Trinajstić information content (AvgIpc) is 3.12. The Morgan fingerprint density at radius 1 is 1.14 bits per heavy atom. The zero-order valence-electron chi connectivity index (χ0n) is 15.3. The SMILES string of the molecule is Cc1cc(=O)n2[nH]c(N3CCN(C(=O)C=Cc4ccc(Br)cc4)CC3)nc2n1. The lowest BCUT2D eigenvalue weighted by atomic mass is 10.2. The molecule has 0 spiro atoms. The molecule has 8 nitrogen and oxygen atoms in total. The first-order chi connectivity index (χ1) is 13.5. The number of carbonyl (C=O) groups excluding carboxylic acids is 1. The van der Waals surface area contributed by atoms with Gasteiger partial charge < -0.3 is 9.80 Å². The Kier molecular flexibility index (Phi) is 4.99. The molecule has 1 amide bonds. The number of anilines is 1. The van der Waals surface area contributed by atoms with Gasteiger partial charge in [0.1, 0.15) is 0 Å². The van der Waals surface area contributed by atoms with E-state index in [1.165, 1.54) is 10.6 Å². The molecule has 3 heterocycles. The van der Waals surface area contributed by atoms with E-state index in [9.17, 15) is 9.59 Å². The molecule has 28 heavy (non-hydrogen) atoms. The van der Waals surface area contributed by atoms with E-state index in [1.54, 1.807) is 13.0 Å². The summed E-state index contributed by atoms with van der Waals surface area (Å²) in [5.41, 5.74) is 1.43. The first-order valence-corrected chi connectivity index (χ1v) is 9.73. The number of aryl methyl sites for hydroxylation is 1. The van der Waals surface area contributed by atoms with E-state index in [1.807, 2.05) is 40.1 Å². The number of amides is 1. The van der Waals surface area contributed by atoms with Crippen LogP contribution in [-0.2, 0) is 4.79 Å². The smallest absolute Gasteiger partial charge is 0.274 e. The molecule has 3 aromatic rings. The molecule has 0 aliphatic carbocycles. The van der Waals surface area contributed by atoms with Crippen molar-refractivity contribution in [2.24, 2.45) is 0 Å². The minimum Gasteiger partial charge on any atom is -0.338 e. The summed E-state index contributed by atoms with van der Waals surface area (Å²) in [6.45, 7) is 4.20. The maximum atomic E-state index is 12.4. The highest BCUT2D eigenvalue weighted by molar-refractivity contribution is 9.10.